The van der Waals surface area contributed by atoms with Gasteiger partial charge in [-0.05, 0) is 24.3 Å². The molecule has 0 atom stereocenters. The van der Waals surface area contributed by atoms with Crippen molar-refractivity contribution in [2.45, 2.75) is 12.8 Å². The summed E-state index contributed by atoms with van der Waals surface area (Å²) in [5, 5.41) is 16.9. The van der Waals surface area contributed by atoms with E-state index < -0.39 is 17.6 Å². The predicted octanol–water partition coefficient (Wildman–Crippen LogP) is 1.95. The van der Waals surface area contributed by atoms with Crippen LogP contribution in [-0.2, 0) is 12.8 Å². The molecule has 1 fully saturated rings. The molecule has 138 valence electrons. The molecule has 0 radical (unpaired) electrons. The number of aliphatic hydroxyl groups is 1. The number of benzene rings is 1. The molecule has 3 rings (SSSR count). The van der Waals surface area contributed by atoms with Crippen LogP contribution in [0.4, 0.5) is 19.0 Å². The fraction of sp³-hybridized carbons (Fsp3) is 0.353. The van der Waals surface area contributed by atoms with E-state index in [1.54, 1.807) is 12.1 Å². The molecule has 1 saturated heterocycles. The van der Waals surface area contributed by atoms with Crippen molar-refractivity contribution in [1.82, 2.24) is 15.1 Å². The highest BCUT2D eigenvalue weighted by molar-refractivity contribution is 5.96. The zero-order chi connectivity index (χ0) is 18.7. The van der Waals surface area contributed by atoms with E-state index in [1.807, 2.05) is 4.90 Å². The van der Waals surface area contributed by atoms with Crippen molar-refractivity contribution in [3.8, 4) is 0 Å². The van der Waals surface area contributed by atoms with Gasteiger partial charge in [0.1, 0.15) is 0 Å². The first-order valence-electron chi connectivity index (χ1n) is 8.04. The van der Waals surface area contributed by atoms with Gasteiger partial charge in [0, 0.05) is 26.2 Å². The number of carbonyl (C=O) groups is 1. The summed E-state index contributed by atoms with van der Waals surface area (Å²) in [4.78, 5) is 15.9. The zero-order valence-electron chi connectivity index (χ0n) is 13.8. The Balaban J connectivity index is 1.69. The van der Waals surface area contributed by atoms with E-state index in [2.05, 4.69) is 10.2 Å². The molecule has 1 aliphatic heterocycles. The monoisotopic (exact) mass is 366 g/mol. The molecule has 1 aliphatic rings. The average Bonchev–Trinajstić information content (AvgIpc) is 2.67. The van der Waals surface area contributed by atoms with Crippen LogP contribution < -0.4 is 4.90 Å². The van der Waals surface area contributed by atoms with Crippen LogP contribution in [0.15, 0.2) is 36.4 Å². The Morgan fingerprint density at radius 2 is 1.73 bits per heavy atom. The minimum atomic E-state index is -4.57. The zero-order valence-corrected chi connectivity index (χ0v) is 13.8. The van der Waals surface area contributed by atoms with Gasteiger partial charge >= 0.3 is 6.18 Å². The van der Waals surface area contributed by atoms with Crippen LogP contribution in [0.25, 0.3) is 0 Å². The summed E-state index contributed by atoms with van der Waals surface area (Å²) in [5.74, 6) is -0.0238. The Morgan fingerprint density at radius 3 is 2.31 bits per heavy atom. The molecule has 0 spiro atoms. The van der Waals surface area contributed by atoms with Crippen molar-refractivity contribution in [1.29, 1.82) is 0 Å². The summed E-state index contributed by atoms with van der Waals surface area (Å²) >= 11 is 0. The summed E-state index contributed by atoms with van der Waals surface area (Å²) in [6.45, 7) is 1.25. The third kappa shape index (κ3) is 3.77. The number of aromatic nitrogens is 2. The fourth-order valence-electron chi connectivity index (χ4n) is 2.83. The predicted molar refractivity (Wildman–Crippen MR) is 87.5 cm³/mol. The Bertz CT molecular complexity index is 772. The Kier molecular flexibility index (Phi) is 5.08. The van der Waals surface area contributed by atoms with Gasteiger partial charge in [-0.2, -0.15) is 18.3 Å². The van der Waals surface area contributed by atoms with Crippen LogP contribution in [0, 0.1) is 0 Å². The van der Waals surface area contributed by atoms with E-state index in [1.165, 1.54) is 23.1 Å². The molecule has 0 unspecified atom stereocenters. The molecule has 0 aliphatic carbocycles. The van der Waals surface area contributed by atoms with Crippen molar-refractivity contribution in [2.75, 3.05) is 31.1 Å². The van der Waals surface area contributed by atoms with Gasteiger partial charge in [-0.25, -0.2) is 0 Å². The molecule has 1 amide bonds. The number of aliphatic hydroxyl groups excluding tert-OH is 1. The highest BCUT2D eigenvalue weighted by Crippen LogP contribution is 2.32. The molecule has 1 aromatic heterocycles. The van der Waals surface area contributed by atoms with Crippen LogP contribution in [0.2, 0.25) is 0 Å². The Hall–Kier alpha value is -2.68. The van der Waals surface area contributed by atoms with Gasteiger partial charge < -0.3 is 14.9 Å². The number of alkyl halides is 3. The van der Waals surface area contributed by atoms with Crippen LogP contribution in [0.5, 0.6) is 0 Å². The normalized spacial score (nSPS) is 15.2. The lowest BCUT2D eigenvalue weighted by Crippen LogP contribution is -2.49. The number of halogens is 3. The van der Waals surface area contributed by atoms with Gasteiger partial charge in [0.25, 0.3) is 5.91 Å². The average molecular weight is 366 g/mol. The van der Waals surface area contributed by atoms with Crippen LogP contribution in [0.1, 0.15) is 21.6 Å². The number of piperazine rings is 1. The molecule has 1 aromatic carbocycles. The molecule has 2 heterocycles. The molecule has 9 heteroatoms. The van der Waals surface area contributed by atoms with Gasteiger partial charge in [-0.15, -0.1) is 5.10 Å². The minimum absolute atomic E-state index is 0.200. The maximum Gasteiger partial charge on any atom is 0.417 e. The maximum atomic E-state index is 13.1. The summed E-state index contributed by atoms with van der Waals surface area (Å²) in [5.41, 5.74) is -0.801. The van der Waals surface area contributed by atoms with E-state index in [9.17, 15) is 18.0 Å². The van der Waals surface area contributed by atoms with E-state index in [0.717, 1.165) is 6.07 Å². The van der Waals surface area contributed by atoms with Gasteiger partial charge in [-0.3, -0.25) is 4.79 Å². The largest absolute Gasteiger partial charge is 0.417 e. The van der Waals surface area contributed by atoms with E-state index in [4.69, 9.17) is 5.11 Å². The second kappa shape index (κ2) is 7.28. The first kappa shape index (κ1) is 18.1. The third-order valence-corrected chi connectivity index (χ3v) is 4.22. The van der Waals surface area contributed by atoms with Gasteiger partial charge in [0.05, 0.1) is 23.4 Å². The van der Waals surface area contributed by atoms with Crippen molar-refractivity contribution < 1.29 is 23.1 Å². The molecule has 2 aromatic rings. The molecule has 0 saturated carbocycles. The molecular formula is C17H17F3N4O2. The first-order chi connectivity index (χ1) is 12.4. The summed E-state index contributed by atoms with van der Waals surface area (Å²) in [7, 11) is 0. The number of rotatable bonds is 3. The van der Waals surface area contributed by atoms with Gasteiger partial charge in [-0.1, -0.05) is 12.1 Å². The van der Waals surface area contributed by atoms with E-state index in [-0.39, 0.29) is 25.3 Å². The number of amides is 1. The molecule has 0 bridgehead atoms. The molecular weight excluding hydrogens is 349 g/mol. The van der Waals surface area contributed by atoms with Crippen molar-refractivity contribution in [2.24, 2.45) is 0 Å². The molecule has 1 N–H and O–H groups in total. The third-order valence-electron chi connectivity index (χ3n) is 4.22. The SMILES string of the molecule is O=C(c1ccccc1C(F)(F)F)N1CCN(c2ccc(CO)nn2)CC1. The smallest absolute Gasteiger partial charge is 0.390 e. The Morgan fingerprint density at radius 1 is 1.04 bits per heavy atom. The van der Waals surface area contributed by atoms with Crippen molar-refractivity contribution >= 4 is 11.7 Å². The summed E-state index contributed by atoms with van der Waals surface area (Å²) < 4.78 is 39.3. The highest BCUT2D eigenvalue weighted by Gasteiger charge is 2.36. The van der Waals surface area contributed by atoms with Gasteiger partial charge in [0.2, 0.25) is 0 Å². The van der Waals surface area contributed by atoms with Crippen molar-refractivity contribution in [3.63, 3.8) is 0 Å². The quantitative estimate of drug-likeness (QED) is 0.899. The van der Waals surface area contributed by atoms with Gasteiger partial charge in [0.15, 0.2) is 5.82 Å². The van der Waals surface area contributed by atoms with Crippen molar-refractivity contribution in [3.05, 3.63) is 53.2 Å². The molecule has 6 nitrogen and oxygen atoms in total. The standard InChI is InChI=1S/C17H17F3N4O2/c18-17(19,20)14-4-2-1-3-13(14)16(26)24-9-7-23(8-10-24)15-6-5-12(11-25)21-22-15/h1-6,25H,7-11H2. The van der Waals surface area contributed by atoms with E-state index >= 15 is 0 Å². The summed E-state index contributed by atoms with van der Waals surface area (Å²) in [6.07, 6.45) is -4.57. The highest BCUT2D eigenvalue weighted by atomic mass is 19.4. The first-order valence-corrected chi connectivity index (χ1v) is 8.04. The summed E-state index contributed by atoms with van der Waals surface area (Å²) in [6, 6.07) is 8.19. The maximum absolute atomic E-state index is 13.1. The van der Waals surface area contributed by atoms with Crippen LogP contribution in [-0.4, -0.2) is 52.3 Å². The second-order valence-electron chi connectivity index (χ2n) is 5.86. The number of nitrogens with zero attached hydrogens (tertiary/aromatic N) is 4. The fourth-order valence-corrected chi connectivity index (χ4v) is 2.83. The lowest BCUT2D eigenvalue weighted by Gasteiger charge is -2.35. The Labute approximate surface area is 147 Å². The van der Waals surface area contributed by atoms with E-state index in [0.29, 0.717) is 24.6 Å². The second-order valence-corrected chi connectivity index (χ2v) is 5.86. The lowest BCUT2D eigenvalue weighted by molar-refractivity contribution is -0.138. The number of anilines is 1. The number of carbonyl (C=O) groups excluding carboxylic acids is 1. The van der Waals surface area contributed by atoms with Crippen LogP contribution in [0.3, 0.4) is 0 Å². The molecule has 26 heavy (non-hydrogen) atoms. The van der Waals surface area contributed by atoms with Crippen LogP contribution >= 0.6 is 0 Å². The minimum Gasteiger partial charge on any atom is -0.390 e. The topological polar surface area (TPSA) is 69.6 Å². The number of hydrogen-bond donors (Lipinski definition) is 1. The lowest BCUT2D eigenvalue weighted by atomic mass is 10.1. The number of hydrogen-bond acceptors (Lipinski definition) is 5.